The SMILES string of the molecule is CC(/C=C/c1ccccc1)=C\[C@H](O)[C@@H]1CC(O)=N[C@@H](CO)C(O)=N[C@@H]2C[n+]3cc(n([C@@H]4O[C@H](CO)[C@H](O)[C@H](O)[C@H]4O)c3)C[C@H](N=C(O)CCC[C@@H](C(=O)O)N=C(O)[C@@H](O)CN=C(O)[C@H](Cc3ccc(Br)cc3)N=C(O)[C@H]([C@@H](O)C(=N)O)N=C(O)[C@H](CC(=N)O)N=C2O)C(O)=N[C@@H]([C@H](C)O)C(O)=N[C@@H](CO)C(O)=N[C@@H](Cc2ccccc2)C(O)=N1. The maximum atomic E-state index is 12.7. The summed E-state index contributed by atoms with van der Waals surface area (Å²) >= 11 is 3.29. The largest absolute Gasteiger partial charge is 0.497 e. The van der Waals surface area contributed by atoms with Crippen molar-refractivity contribution in [2.75, 3.05) is 26.4 Å². The van der Waals surface area contributed by atoms with Crippen molar-refractivity contribution in [2.45, 2.75) is 193 Å². The van der Waals surface area contributed by atoms with E-state index in [9.17, 15) is 132 Å². The molecule has 43 nitrogen and oxygen atoms in total. The lowest BCUT2D eigenvalue weighted by molar-refractivity contribution is -0.696. The molecule has 0 radical (unpaired) electrons. The third kappa shape index (κ3) is 27.8. The Morgan fingerprint density at radius 3 is 1.76 bits per heavy atom. The molecule has 4 bridgehead atoms. The second-order valence-corrected chi connectivity index (χ2v) is 28.6. The van der Waals surface area contributed by atoms with Crippen LogP contribution in [-0.2, 0) is 35.3 Å². The standard InChI is InChI=1S/C75H97BrN16O27/c1-35(16-17-37-10-5-3-6-11-37)22-51(97)43-27-56(101)81-49(31-93)69(112)87-48-30-91-29-41(92(34-91)74-62(105)61(104)59(102)53(33-95)119-74)25-46(66(109)89-57(36(2)96)72(115)88-50(32-94)70(113)84-45(65(108)83-43)23-38-12-7-4-8-13-38)80-55(100)15-9-14-42(75(117)118)82-71(114)52(98)28-79-64(107)44(24-39-18-20-40(76)21-19-39)86-73(116)58(60(103)63(78)106)90-67(110)47(26-54(77)99)85-68(48)111/h3-8,10-13,16-22,29,34,36,42-53,57-62,74,93-98,102-105H,9,14-15,23-28,30-33H2,1-2H3,(H16-,77,78,79,80,81,82,83,84,85,86,87,88,89,90,99,100,101,106,107,108,109,110,111,112,113,114,115,116,117,118)/p+1/b17-16+,35-22+/t36-,42-,43-,44-,45-,46-,47-,48+,49-,50-,51-,52-,53+,57-,58-,59-,60+,61-,62+,74+/m0/s1. The number of aliphatic imine (C=N–C) groups is 12. The smallest absolute Gasteiger partial charge is 0.328 e. The first-order chi connectivity index (χ1) is 56.4. The molecule has 4 aromatic rings. The van der Waals surface area contributed by atoms with E-state index in [1.165, 1.54) is 18.2 Å². The van der Waals surface area contributed by atoms with Gasteiger partial charge in [0, 0.05) is 36.6 Å². The first kappa shape index (κ1) is 94.6. The summed E-state index contributed by atoms with van der Waals surface area (Å²) in [6, 6.07) is -0.0543. The number of halogens is 1. The number of aromatic nitrogens is 2. The molecule has 0 unspecified atom stereocenters. The van der Waals surface area contributed by atoms with Crippen LogP contribution in [0.4, 0.5) is 0 Å². The zero-order valence-electron chi connectivity index (χ0n) is 63.8. The highest BCUT2D eigenvalue weighted by Crippen LogP contribution is 2.31. The van der Waals surface area contributed by atoms with E-state index < -0.39 is 288 Å². The zero-order chi connectivity index (χ0) is 87.6. The van der Waals surface area contributed by atoms with E-state index in [0.29, 0.717) is 21.2 Å². The number of hydrogen-bond donors (Lipinski definition) is 27. The maximum Gasteiger partial charge on any atom is 0.328 e. The molecule has 0 amide bonds. The molecule has 7 rings (SSSR count). The second kappa shape index (κ2) is 44.8. The molecule has 3 aliphatic heterocycles. The summed E-state index contributed by atoms with van der Waals surface area (Å²) in [6.07, 6.45) is -17.9. The Morgan fingerprint density at radius 2 is 1.14 bits per heavy atom. The topological polar surface area (TPSA) is 737 Å². The van der Waals surface area contributed by atoms with E-state index in [1.807, 2.05) is 0 Å². The molecule has 1 saturated heterocycles. The number of nitrogens with zero attached hydrogens (tertiary/aromatic N) is 14. The predicted octanol–water partition coefficient (Wildman–Crippen LogP) is 1.31. The van der Waals surface area contributed by atoms with Gasteiger partial charge in [-0.1, -0.05) is 113 Å². The molecule has 4 heterocycles. The summed E-state index contributed by atoms with van der Waals surface area (Å²) in [5.74, 6) is -19.6. The van der Waals surface area contributed by atoms with Crippen molar-refractivity contribution in [3.8, 4) is 0 Å². The number of fused-ring (bicyclic) bond motifs is 2. The summed E-state index contributed by atoms with van der Waals surface area (Å²) in [5, 5.41) is 303. The van der Waals surface area contributed by atoms with Gasteiger partial charge in [0.25, 0.3) is 0 Å². The van der Waals surface area contributed by atoms with Gasteiger partial charge in [0.2, 0.25) is 77.4 Å². The molecule has 27 N–H and O–H groups in total. The number of aliphatic hydroxyl groups is 24. The molecular formula is C75H98BrN16O27+. The summed E-state index contributed by atoms with van der Waals surface area (Å²) in [7, 11) is 0. The van der Waals surface area contributed by atoms with Gasteiger partial charge in [-0.3, -0.25) is 15.8 Å². The van der Waals surface area contributed by atoms with Crippen molar-refractivity contribution in [1.82, 2.24) is 4.57 Å². The molecule has 0 aliphatic carbocycles. The fourth-order valence-corrected chi connectivity index (χ4v) is 12.3. The Labute approximate surface area is 686 Å². The summed E-state index contributed by atoms with van der Waals surface area (Å²) in [4.78, 5) is 61.3. The van der Waals surface area contributed by atoms with Crippen LogP contribution in [0.5, 0.6) is 0 Å². The van der Waals surface area contributed by atoms with Crippen molar-refractivity contribution in [3.63, 3.8) is 0 Å². The van der Waals surface area contributed by atoms with Crippen molar-refractivity contribution in [2.24, 2.45) is 59.9 Å². The molecular weight excluding hydrogens is 1640 g/mol. The van der Waals surface area contributed by atoms with Gasteiger partial charge in [0.15, 0.2) is 60.0 Å². The highest BCUT2D eigenvalue weighted by molar-refractivity contribution is 9.10. The van der Waals surface area contributed by atoms with Gasteiger partial charge in [-0.2, -0.15) is 0 Å². The zero-order valence-corrected chi connectivity index (χ0v) is 65.4. The van der Waals surface area contributed by atoms with Gasteiger partial charge >= 0.3 is 5.97 Å². The number of aliphatic hydroxyl groups excluding tert-OH is 24. The Hall–Kier alpha value is -11.6. The van der Waals surface area contributed by atoms with E-state index in [4.69, 9.17) is 15.6 Å². The van der Waals surface area contributed by atoms with Crippen LogP contribution in [0.25, 0.3) is 6.08 Å². The van der Waals surface area contributed by atoms with Crippen LogP contribution in [-0.4, -0.2) is 362 Å². The van der Waals surface area contributed by atoms with Crippen LogP contribution in [0, 0.1) is 10.8 Å². The van der Waals surface area contributed by atoms with E-state index in [0.717, 1.165) is 34.1 Å². The fraction of sp³-hybridized carbons (Fsp3) is 0.467. The number of ether oxygens (including phenoxy) is 1. The van der Waals surface area contributed by atoms with Gasteiger partial charge < -0.3 is 132 Å². The van der Waals surface area contributed by atoms with Crippen molar-refractivity contribution < 1.29 is 142 Å². The molecule has 3 aliphatic rings. The van der Waals surface area contributed by atoms with Gasteiger partial charge in [-0.25, -0.2) is 68.8 Å². The summed E-state index contributed by atoms with van der Waals surface area (Å²) < 4.78 is 8.43. The molecule has 1 fully saturated rings. The molecule has 3 aromatic carbocycles. The fourth-order valence-electron chi connectivity index (χ4n) is 12.1. The number of allylic oxidation sites excluding steroid dienone is 2. The van der Waals surface area contributed by atoms with Crippen LogP contribution in [0.1, 0.15) is 74.6 Å². The third-order valence-corrected chi connectivity index (χ3v) is 19.0. The number of carbonyl (C=O) groups is 1. The minimum Gasteiger partial charge on any atom is -0.497 e. The van der Waals surface area contributed by atoms with Crippen molar-refractivity contribution in [1.29, 1.82) is 10.8 Å². The van der Waals surface area contributed by atoms with Crippen LogP contribution in [0.15, 0.2) is 180 Å². The summed E-state index contributed by atoms with van der Waals surface area (Å²) in [5.41, 5.74) is 1.48. The normalized spacial score (nSPS) is 28.2. The van der Waals surface area contributed by atoms with E-state index >= 15 is 0 Å². The van der Waals surface area contributed by atoms with Crippen LogP contribution >= 0.6 is 15.9 Å². The molecule has 0 spiro atoms. The van der Waals surface area contributed by atoms with Gasteiger partial charge in [0.1, 0.15) is 73.1 Å². The van der Waals surface area contributed by atoms with Crippen molar-refractivity contribution in [3.05, 3.63) is 142 Å². The number of rotatable bonds is 18. The van der Waals surface area contributed by atoms with Crippen LogP contribution < -0.4 is 4.57 Å². The maximum absolute atomic E-state index is 12.7. The molecule has 0 saturated carbocycles. The van der Waals surface area contributed by atoms with E-state index in [-0.39, 0.29) is 12.1 Å². The number of nitrogens with one attached hydrogen (secondary N) is 2. The number of carboxylic acids is 1. The van der Waals surface area contributed by atoms with Crippen molar-refractivity contribution >= 4 is 111 Å². The number of carboxylic acid groups (broad SMARTS) is 1. The Kier molecular flexibility index (Phi) is 35.6. The number of imidazole rings is 1. The molecule has 20 atom stereocenters. The molecule has 1 aromatic heterocycles. The minimum atomic E-state index is -2.71. The quantitative estimate of drug-likeness (QED) is 0.0289. The molecule has 44 heteroatoms. The van der Waals surface area contributed by atoms with Crippen LogP contribution in [0.3, 0.4) is 0 Å². The van der Waals surface area contributed by atoms with E-state index in [1.54, 1.807) is 91.9 Å². The Balaban J connectivity index is 1.59. The Bertz CT molecular complexity index is 4550. The monoisotopic (exact) mass is 1730 g/mol. The molecule has 646 valence electrons. The average Bonchev–Trinajstić information content (AvgIpc) is 1.68. The lowest BCUT2D eigenvalue weighted by Gasteiger charge is -2.38. The average molecular weight is 1740 g/mol. The highest BCUT2D eigenvalue weighted by Gasteiger charge is 2.48. The van der Waals surface area contributed by atoms with Gasteiger partial charge in [0.05, 0.1) is 51.0 Å². The lowest BCUT2D eigenvalue weighted by atomic mass is 9.98. The Morgan fingerprint density at radius 1 is 0.588 bits per heavy atom. The second-order valence-electron chi connectivity index (χ2n) is 27.7. The lowest BCUT2D eigenvalue weighted by Crippen LogP contribution is -2.56. The summed E-state index contributed by atoms with van der Waals surface area (Å²) in [6.45, 7) is -3.04. The van der Waals surface area contributed by atoms with E-state index in [2.05, 4.69) is 75.8 Å². The predicted molar refractivity (Wildman–Crippen MR) is 437 cm³/mol. The van der Waals surface area contributed by atoms with Gasteiger partial charge in [-0.15, -0.1) is 0 Å². The first-order valence-corrected chi connectivity index (χ1v) is 37.6. The van der Waals surface area contributed by atoms with Gasteiger partial charge in [-0.05, 0) is 55.5 Å². The minimum absolute atomic E-state index is 0.317. The number of hydrogen-bond acceptors (Lipinski definition) is 26. The van der Waals surface area contributed by atoms with Crippen LogP contribution in [0.2, 0.25) is 0 Å². The number of benzene rings is 3. The molecule has 119 heavy (non-hydrogen) atoms. The number of aliphatic carboxylic acids is 1. The highest BCUT2D eigenvalue weighted by atomic mass is 79.9. The third-order valence-electron chi connectivity index (χ3n) is 18.5. The first-order valence-electron chi connectivity index (χ1n) is 36.8.